The van der Waals surface area contributed by atoms with Crippen LogP contribution in [0.5, 0.6) is 0 Å². The summed E-state index contributed by atoms with van der Waals surface area (Å²) < 4.78 is 33.2. The second-order valence-electron chi connectivity index (χ2n) is 6.59. The van der Waals surface area contributed by atoms with E-state index >= 15 is 0 Å². The number of methoxy groups -OCH3 is 1. The summed E-state index contributed by atoms with van der Waals surface area (Å²) >= 11 is 0. The zero-order chi connectivity index (χ0) is 16.9. The predicted octanol–water partition coefficient (Wildman–Crippen LogP) is 1.93. The molecule has 0 bridgehead atoms. The van der Waals surface area contributed by atoms with E-state index in [2.05, 4.69) is 5.32 Å². The molecule has 0 aromatic carbocycles. The maximum absolute atomic E-state index is 13.3. The summed E-state index contributed by atoms with van der Waals surface area (Å²) in [4.78, 5) is 12.1. The Morgan fingerprint density at radius 2 is 1.79 bits per heavy atom. The fourth-order valence-corrected chi connectivity index (χ4v) is 6.42. The van der Waals surface area contributed by atoms with Gasteiger partial charge in [0.15, 0.2) is 0 Å². The molecule has 6 nitrogen and oxygen atoms in total. The molecule has 2 rings (SSSR count). The van der Waals surface area contributed by atoms with E-state index in [9.17, 15) is 13.2 Å². The number of piperidine rings is 1. The lowest BCUT2D eigenvalue weighted by Crippen LogP contribution is -2.52. The van der Waals surface area contributed by atoms with Gasteiger partial charge in [0.1, 0.15) is 0 Å². The fraction of sp³-hybridized carbons (Fsp3) is 0.938. The van der Waals surface area contributed by atoms with E-state index in [-0.39, 0.29) is 24.4 Å². The average Bonchev–Trinajstić information content (AvgIpc) is 2.59. The Hall–Kier alpha value is -0.370. The van der Waals surface area contributed by atoms with Crippen LogP contribution in [0, 0.1) is 5.92 Å². The molecule has 2 atom stereocenters. The Bertz CT molecular complexity index is 494. The Labute approximate surface area is 152 Å². The highest BCUT2D eigenvalue weighted by Gasteiger charge is 2.44. The molecule has 8 heteroatoms. The predicted molar refractivity (Wildman–Crippen MR) is 96.8 cm³/mol. The minimum absolute atomic E-state index is 0. The Balaban J connectivity index is 0.00000288. The summed E-state index contributed by atoms with van der Waals surface area (Å²) in [5.41, 5.74) is 0. The third kappa shape index (κ3) is 4.84. The van der Waals surface area contributed by atoms with Crippen molar-refractivity contribution < 1.29 is 17.9 Å². The number of nitrogens with zero attached hydrogens (tertiary/aromatic N) is 1. The molecule has 0 spiro atoms. The van der Waals surface area contributed by atoms with Gasteiger partial charge in [-0.25, -0.2) is 8.42 Å². The Morgan fingerprint density at radius 3 is 2.38 bits per heavy atom. The van der Waals surface area contributed by atoms with E-state index < -0.39 is 21.2 Å². The summed E-state index contributed by atoms with van der Waals surface area (Å²) in [6.07, 6.45) is 5.41. The van der Waals surface area contributed by atoms with E-state index in [1.54, 1.807) is 4.31 Å². The molecule has 24 heavy (non-hydrogen) atoms. The first-order valence-corrected chi connectivity index (χ1v) is 10.3. The van der Waals surface area contributed by atoms with Gasteiger partial charge in [-0.3, -0.25) is 4.79 Å². The Morgan fingerprint density at radius 1 is 1.17 bits per heavy atom. The van der Waals surface area contributed by atoms with Gasteiger partial charge in [-0.1, -0.05) is 19.8 Å². The number of esters is 1. The number of hydrogen-bond acceptors (Lipinski definition) is 5. The van der Waals surface area contributed by atoms with Gasteiger partial charge in [0, 0.05) is 12.6 Å². The second-order valence-corrected chi connectivity index (χ2v) is 8.69. The normalized spacial score (nSPS) is 26.0. The average molecular weight is 383 g/mol. The third-order valence-corrected chi connectivity index (χ3v) is 7.54. The molecule has 0 aromatic rings. The lowest BCUT2D eigenvalue weighted by atomic mass is 9.89. The fourth-order valence-electron chi connectivity index (χ4n) is 3.88. The first kappa shape index (κ1) is 21.7. The summed E-state index contributed by atoms with van der Waals surface area (Å²) in [6, 6.07) is 0.0569. The van der Waals surface area contributed by atoms with Crippen molar-refractivity contribution in [3.63, 3.8) is 0 Å². The van der Waals surface area contributed by atoms with Gasteiger partial charge in [0.25, 0.3) is 0 Å². The summed E-state index contributed by atoms with van der Waals surface area (Å²) in [6.45, 7) is 4.25. The number of carbonyl (C=O) groups excluding carboxylic acids is 1. The van der Waals surface area contributed by atoms with Crippen LogP contribution in [0.1, 0.15) is 51.9 Å². The number of sulfonamides is 1. The van der Waals surface area contributed by atoms with Crippen LogP contribution in [0.2, 0.25) is 0 Å². The molecule has 0 amide bonds. The second kappa shape index (κ2) is 9.94. The molecule has 2 fully saturated rings. The molecular weight excluding hydrogens is 352 g/mol. The number of nitrogens with one attached hydrogen (secondary N) is 1. The van der Waals surface area contributed by atoms with E-state index in [0.29, 0.717) is 19.4 Å². The van der Waals surface area contributed by atoms with Crippen LogP contribution < -0.4 is 5.32 Å². The van der Waals surface area contributed by atoms with Crippen molar-refractivity contribution in [1.82, 2.24) is 9.62 Å². The molecule has 2 aliphatic rings. The Kier molecular flexibility index (Phi) is 8.98. The molecule has 1 saturated carbocycles. The summed E-state index contributed by atoms with van der Waals surface area (Å²) in [5.74, 6) is -0.889. The van der Waals surface area contributed by atoms with Gasteiger partial charge in [-0.2, -0.15) is 4.31 Å². The van der Waals surface area contributed by atoms with Gasteiger partial charge in [0.2, 0.25) is 10.0 Å². The number of carbonyl (C=O) groups is 1. The van der Waals surface area contributed by atoms with Crippen LogP contribution in [0.3, 0.4) is 0 Å². The zero-order valence-electron chi connectivity index (χ0n) is 14.7. The molecule has 1 N–H and O–H groups in total. The van der Waals surface area contributed by atoms with Crippen molar-refractivity contribution in [3.05, 3.63) is 0 Å². The van der Waals surface area contributed by atoms with E-state index in [1.165, 1.54) is 7.11 Å². The number of halogens is 1. The quantitative estimate of drug-likeness (QED) is 0.710. The van der Waals surface area contributed by atoms with Gasteiger partial charge in [-0.15, -0.1) is 12.4 Å². The van der Waals surface area contributed by atoms with Crippen LogP contribution in [-0.4, -0.2) is 56.7 Å². The number of ether oxygens (including phenoxy) is 1. The third-order valence-electron chi connectivity index (χ3n) is 5.08. The molecule has 0 radical (unpaired) electrons. The number of hydrogen-bond donors (Lipinski definition) is 1. The maximum atomic E-state index is 13.3. The molecule has 1 aliphatic carbocycles. The van der Waals surface area contributed by atoms with Crippen molar-refractivity contribution >= 4 is 28.4 Å². The molecule has 1 aliphatic heterocycles. The van der Waals surface area contributed by atoms with Gasteiger partial charge >= 0.3 is 5.97 Å². The van der Waals surface area contributed by atoms with Crippen molar-refractivity contribution in [2.75, 3.05) is 26.7 Å². The van der Waals surface area contributed by atoms with Crippen molar-refractivity contribution in [2.24, 2.45) is 5.92 Å². The lowest BCUT2D eigenvalue weighted by Gasteiger charge is -2.38. The molecular formula is C16H31ClN2O4S. The van der Waals surface area contributed by atoms with Crippen molar-refractivity contribution in [1.29, 1.82) is 0 Å². The summed E-state index contributed by atoms with van der Waals surface area (Å²) in [5, 5.41) is 2.66. The highest BCUT2D eigenvalue weighted by molar-refractivity contribution is 7.89. The highest BCUT2D eigenvalue weighted by Crippen LogP contribution is 2.34. The van der Waals surface area contributed by atoms with E-state index in [1.807, 2.05) is 6.92 Å². The maximum Gasteiger partial charge on any atom is 0.310 e. The summed E-state index contributed by atoms with van der Waals surface area (Å²) in [7, 11) is -2.14. The molecule has 1 saturated heterocycles. The van der Waals surface area contributed by atoms with Crippen LogP contribution in [0.15, 0.2) is 0 Å². The highest BCUT2D eigenvalue weighted by atomic mass is 35.5. The molecule has 2 unspecified atom stereocenters. The van der Waals surface area contributed by atoms with Crippen LogP contribution in [-0.2, 0) is 19.6 Å². The van der Waals surface area contributed by atoms with Crippen molar-refractivity contribution in [3.8, 4) is 0 Å². The monoisotopic (exact) mass is 382 g/mol. The molecule has 142 valence electrons. The van der Waals surface area contributed by atoms with Gasteiger partial charge < -0.3 is 10.1 Å². The standard InChI is InChI=1S/C16H30N2O4S.ClH/c1-3-12-18(13-8-10-17-11-9-13)23(20,21)15-7-5-4-6-14(15)16(19)22-2;/h13-15,17H,3-12H2,1-2H3;1H. The molecule has 1 heterocycles. The largest absolute Gasteiger partial charge is 0.469 e. The lowest BCUT2D eigenvalue weighted by molar-refractivity contribution is -0.146. The van der Waals surface area contributed by atoms with E-state index in [0.717, 1.165) is 45.2 Å². The minimum Gasteiger partial charge on any atom is -0.469 e. The SMILES string of the molecule is CCCN(C1CCNCC1)S(=O)(=O)C1CCCCC1C(=O)OC.Cl. The first-order valence-electron chi connectivity index (χ1n) is 8.81. The van der Waals surface area contributed by atoms with Crippen LogP contribution >= 0.6 is 12.4 Å². The molecule has 0 aromatic heterocycles. The zero-order valence-corrected chi connectivity index (χ0v) is 16.3. The van der Waals surface area contributed by atoms with Crippen molar-refractivity contribution in [2.45, 2.75) is 63.2 Å². The number of rotatable bonds is 6. The van der Waals surface area contributed by atoms with Gasteiger partial charge in [-0.05, 0) is 45.2 Å². The smallest absolute Gasteiger partial charge is 0.310 e. The van der Waals surface area contributed by atoms with Gasteiger partial charge in [0.05, 0.1) is 18.3 Å². The first-order chi connectivity index (χ1) is 11.0. The van der Waals surface area contributed by atoms with Crippen LogP contribution in [0.25, 0.3) is 0 Å². The van der Waals surface area contributed by atoms with Crippen LogP contribution in [0.4, 0.5) is 0 Å². The van der Waals surface area contributed by atoms with E-state index in [4.69, 9.17) is 4.74 Å². The topological polar surface area (TPSA) is 75.7 Å². The minimum atomic E-state index is -3.49.